The molecule has 8 nitrogen and oxygen atoms in total. The Bertz CT molecular complexity index is 442. The summed E-state index contributed by atoms with van der Waals surface area (Å²) in [7, 11) is 2.01. The number of rotatable bonds is 2. The number of likely N-dealkylation sites (N-methyl/N-ethyl adjacent to an activating group) is 1. The van der Waals surface area contributed by atoms with E-state index < -0.39 is 12.0 Å². The Morgan fingerprint density at radius 3 is 2.67 bits per heavy atom. The van der Waals surface area contributed by atoms with Crippen molar-refractivity contribution in [3.05, 3.63) is 0 Å². The Hall–Kier alpha value is -1.83. The maximum Gasteiger partial charge on any atom is 0.320 e. The highest BCUT2D eigenvalue weighted by Gasteiger charge is 2.37. The summed E-state index contributed by atoms with van der Waals surface area (Å²) in [6.45, 7) is 4.71. The molecule has 2 heterocycles. The lowest BCUT2D eigenvalue weighted by Crippen LogP contribution is -2.63. The molecule has 3 amide bonds. The zero-order chi connectivity index (χ0) is 15.6. The molecule has 8 heteroatoms. The average Bonchev–Trinajstić information content (AvgIpc) is 2.43. The highest BCUT2D eigenvalue weighted by molar-refractivity contribution is 5.91. The molecule has 2 aliphatic rings. The molecular weight excluding hydrogens is 276 g/mol. The molecule has 2 atom stereocenters. The number of amides is 3. The molecule has 2 saturated heterocycles. The minimum atomic E-state index is -1.08. The topological polar surface area (TPSA) is 93.2 Å². The van der Waals surface area contributed by atoms with Crippen molar-refractivity contribution < 1.29 is 19.5 Å². The number of urea groups is 1. The largest absolute Gasteiger partial charge is 0.481 e. The van der Waals surface area contributed by atoms with Crippen LogP contribution in [0.1, 0.15) is 13.3 Å². The quantitative estimate of drug-likeness (QED) is 0.683. The lowest BCUT2D eigenvalue weighted by molar-refractivity contribution is -0.142. The van der Waals surface area contributed by atoms with Gasteiger partial charge in [-0.1, -0.05) is 0 Å². The first kappa shape index (κ1) is 15.6. The van der Waals surface area contributed by atoms with E-state index in [1.54, 1.807) is 4.90 Å². The van der Waals surface area contributed by atoms with Crippen molar-refractivity contribution in [1.82, 2.24) is 20.0 Å². The molecule has 21 heavy (non-hydrogen) atoms. The summed E-state index contributed by atoms with van der Waals surface area (Å²) >= 11 is 0. The molecule has 0 aromatic carbocycles. The van der Waals surface area contributed by atoms with Crippen LogP contribution in [-0.4, -0.2) is 89.6 Å². The molecule has 0 saturated carbocycles. The first-order valence-corrected chi connectivity index (χ1v) is 7.15. The zero-order valence-electron chi connectivity index (χ0n) is 12.4. The summed E-state index contributed by atoms with van der Waals surface area (Å²) in [6, 6.07) is -0.908. The van der Waals surface area contributed by atoms with Gasteiger partial charge in [-0.3, -0.25) is 9.59 Å². The van der Waals surface area contributed by atoms with Crippen LogP contribution in [0.5, 0.6) is 0 Å². The monoisotopic (exact) mass is 298 g/mol. The third-order valence-corrected chi connectivity index (χ3v) is 4.17. The first-order valence-electron chi connectivity index (χ1n) is 7.15. The number of nitrogens with one attached hydrogen (secondary N) is 1. The van der Waals surface area contributed by atoms with Gasteiger partial charge >= 0.3 is 12.0 Å². The van der Waals surface area contributed by atoms with Gasteiger partial charge < -0.3 is 25.1 Å². The second kappa shape index (κ2) is 6.30. The van der Waals surface area contributed by atoms with E-state index in [1.165, 1.54) is 4.90 Å². The predicted molar refractivity (Wildman–Crippen MR) is 74.8 cm³/mol. The SMILES string of the molecule is CC1CN(C(=O)N2CCNC(=O)C2CC(=O)O)CCN1C. The molecular formula is C13H22N4O4. The summed E-state index contributed by atoms with van der Waals surface area (Å²) in [5.41, 5.74) is 0. The van der Waals surface area contributed by atoms with E-state index in [1.807, 2.05) is 14.0 Å². The van der Waals surface area contributed by atoms with Crippen LogP contribution in [0.25, 0.3) is 0 Å². The minimum absolute atomic E-state index is 0.240. The standard InChI is InChI=1S/C13H22N4O4/c1-9-8-16(6-5-15(9)2)13(21)17-4-3-14-12(20)10(17)7-11(18)19/h9-10H,3-8H2,1-2H3,(H,14,20)(H,18,19). The van der Waals surface area contributed by atoms with Crippen molar-refractivity contribution in [3.8, 4) is 0 Å². The number of carboxylic acids is 1. The molecule has 2 rings (SSSR count). The molecule has 118 valence electrons. The number of piperazine rings is 2. The normalized spacial score (nSPS) is 27.4. The van der Waals surface area contributed by atoms with Crippen LogP contribution in [0, 0.1) is 0 Å². The van der Waals surface area contributed by atoms with Crippen LogP contribution in [0.4, 0.5) is 4.79 Å². The third-order valence-electron chi connectivity index (χ3n) is 4.17. The van der Waals surface area contributed by atoms with Gasteiger partial charge in [-0.25, -0.2) is 4.79 Å². The van der Waals surface area contributed by atoms with Gasteiger partial charge in [0.15, 0.2) is 0 Å². The summed E-state index contributed by atoms with van der Waals surface area (Å²) in [5.74, 6) is -1.47. The molecule has 0 spiro atoms. The van der Waals surface area contributed by atoms with Crippen LogP contribution < -0.4 is 5.32 Å². The molecule has 2 N–H and O–H groups in total. The van der Waals surface area contributed by atoms with E-state index in [-0.39, 0.29) is 24.4 Å². The third kappa shape index (κ3) is 3.44. The zero-order valence-corrected chi connectivity index (χ0v) is 12.4. The van der Waals surface area contributed by atoms with Gasteiger partial charge in [0.2, 0.25) is 5.91 Å². The van der Waals surface area contributed by atoms with Gasteiger partial charge in [0.25, 0.3) is 0 Å². The number of nitrogens with zero attached hydrogens (tertiary/aromatic N) is 3. The Balaban J connectivity index is 2.08. The molecule has 2 aliphatic heterocycles. The summed E-state index contributed by atoms with van der Waals surface area (Å²) in [6.07, 6.45) is -0.360. The van der Waals surface area contributed by atoms with E-state index in [2.05, 4.69) is 10.2 Å². The van der Waals surface area contributed by atoms with Crippen LogP contribution in [-0.2, 0) is 9.59 Å². The molecule has 0 radical (unpaired) electrons. The number of hydrogen-bond acceptors (Lipinski definition) is 4. The van der Waals surface area contributed by atoms with E-state index in [9.17, 15) is 14.4 Å². The van der Waals surface area contributed by atoms with Gasteiger partial charge in [-0.2, -0.15) is 0 Å². The summed E-state index contributed by atoms with van der Waals surface area (Å²) in [4.78, 5) is 40.6. The lowest BCUT2D eigenvalue weighted by atomic mass is 10.1. The fraction of sp³-hybridized carbons (Fsp3) is 0.769. The predicted octanol–water partition coefficient (Wildman–Crippen LogP) is -0.983. The fourth-order valence-corrected chi connectivity index (χ4v) is 2.72. The molecule has 2 fully saturated rings. The lowest BCUT2D eigenvalue weighted by Gasteiger charge is -2.42. The van der Waals surface area contributed by atoms with Crippen LogP contribution in [0.15, 0.2) is 0 Å². The van der Waals surface area contributed by atoms with Crippen LogP contribution in [0.2, 0.25) is 0 Å². The second-order valence-electron chi connectivity index (χ2n) is 5.66. The maximum atomic E-state index is 12.6. The number of aliphatic carboxylic acids is 1. The molecule has 0 bridgehead atoms. The Labute approximate surface area is 123 Å². The molecule has 0 aromatic heterocycles. The van der Waals surface area contributed by atoms with Gasteiger partial charge in [-0.05, 0) is 14.0 Å². The van der Waals surface area contributed by atoms with E-state index in [0.29, 0.717) is 26.2 Å². The second-order valence-corrected chi connectivity index (χ2v) is 5.66. The van der Waals surface area contributed by atoms with E-state index >= 15 is 0 Å². The summed E-state index contributed by atoms with van der Waals surface area (Å²) < 4.78 is 0. The van der Waals surface area contributed by atoms with Gasteiger partial charge in [0, 0.05) is 38.8 Å². The smallest absolute Gasteiger partial charge is 0.320 e. The van der Waals surface area contributed by atoms with Crippen molar-refractivity contribution in [2.75, 3.05) is 39.8 Å². The van der Waals surface area contributed by atoms with Crippen LogP contribution >= 0.6 is 0 Å². The van der Waals surface area contributed by atoms with Gasteiger partial charge in [-0.15, -0.1) is 0 Å². The number of hydrogen-bond donors (Lipinski definition) is 2. The fourth-order valence-electron chi connectivity index (χ4n) is 2.72. The Morgan fingerprint density at radius 1 is 1.33 bits per heavy atom. The summed E-state index contributed by atoms with van der Waals surface area (Å²) in [5, 5.41) is 11.6. The maximum absolute atomic E-state index is 12.6. The highest BCUT2D eigenvalue weighted by atomic mass is 16.4. The van der Waals surface area contributed by atoms with Crippen molar-refractivity contribution >= 4 is 17.9 Å². The Kier molecular flexibility index (Phi) is 4.66. The average molecular weight is 298 g/mol. The molecule has 0 aliphatic carbocycles. The van der Waals surface area contributed by atoms with Crippen molar-refractivity contribution in [2.24, 2.45) is 0 Å². The van der Waals surface area contributed by atoms with Gasteiger partial charge in [0.1, 0.15) is 6.04 Å². The van der Waals surface area contributed by atoms with Crippen molar-refractivity contribution in [2.45, 2.75) is 25.4 Å². The number of carbonyl (C=O) groups is 3. The molecule has 0 aromatic rings. The minimum Gasteiger partial charge on any atom is -0.481 e. The van der Waals surface area contributed by atoms with Crippen molar-refractivity contribution in [3.63, 3.8) is 0 Å². The first-order chi connectivity index (χ1) is 9.90. The van der Waals surface area contributed by atoms with Crippen LogP contribution in [0.3, 0.4) is 0 Å². The van der Waals surface area contributed by atoms with E-state index in [4.69, 9.17) is 5.11 Å². The van der Waals surface area contributed by atoms with Gasteiger partial charge in [0.05, 0.1) is 6.42 Å². The highest BCUT2D eigenvalue weighted by Crippen LogP contribution is 2.15. The number of carboxylic acid groups (broad SMARTS) is 1. The molecule has 2 unspecified atom stereocenters. The Morgan fingerprint density at radius 2 is 2.05 bits per heavy atom. The van der Waals surface area contributed by atoms with E-state index in [0.717, 1.165) is 6.54 Å². The number of carbonyl (C=O) groups excluding carboxylic acids is 2. The van der Waals surface area contributed by atoms with Crippen molar-refractivity contribution in [1.29, 1.82) is 0 Å².